The van der Waals surface area contributed by atoms with Gasteiger partial charge in [-0.2, -0.15) is 0 Å². The number of carboxylic acid groups (broad SMARTS) is 1. The second kappa shape index (κ2) is 5.69. The summed E-state index contributed by atoms with van der Waals surface area (Å²) < 4.78 is 0. The molecule has 104 valence electrons. The molecule has 1 amide bonds. The van der Waals surface area contributed by atoms with Crippen molar-refractivity contribution in [3.8, 4) is 0 Å². The zero-order valence-electron chi connectivity index (χ0n) is 11.4. The van der Waals surface area contributed by atoms with E-state index in [0.29, 0.717) is 11.1 Å². The SMILES string of the molecule is CC(C)N(CC(=O)O)C(=O)c1cccc2cccnc12. The van der Waals surface area contributed by atoms with E-state index in [2.05, 4.69) is 4.98 Å². The molecule has 0 atom stereocenters. The number of nitrogens with zero attached hydrogens (tertiary/aromatic N) is 2. The van der Waals surface area contributed by atoms with Crippen molar-refractivity contribution in [3.05, 3.63) is 42.1 Å². The molecule has 1 aromatic carbocycles. The van der Waals surface area contributed by atoms with Crippen LogP contribution in [0.5, 0.6) is 0 Å². The zero-order chi connectivity index (χ0) is 14.7. The van der Waals surface area contributed by atoms with E-state index in [9.17, 15) is 9.59 Å². The van der Waals surface area contributed by atoms with Crippen molar-refractivity contribution >= 4 is 22.8 Å². The fourth-order valence-corrected chi connectivity index (χ4v) is 2.07. The Hall–Kier alpha value is -2.43. The van der Waals surface area contributed by atoms with Crippen molar-refractivity contribution in [2.45, 2.75) is 19.9 Å². The zero-order valence-corrected chi connectivity index (χ0v) is 11.4. The van der Waals surface area contributed by atoms with Gasteiger partial charge in [-0.15, -0.1) is 0 Å². The van der Waals surface area contributed by atoms with E-state index < -0.39 is 5.97 Å². The van der Waals surface area contributed by atoms with Gasteiger partial charge in [0.2, 0.25) is 0 Å². The third kappa shape index (κ3) is 2.77. The smallest absolute Gasteiger partial charge is 0.323 e. The summed E-state index contributed by atoms with van der Waals surface area (Å²) in [6.07, 6.45) is 1.62. The van der Waals surface area contributed by atoms with Gasteiger partial charge < -0.3 is 10.0 Å². The Balaban J connectivity index is 2.46. The summed E-state index contributed by atoms with van der Waals surface area (Å²) in [4.78, 5) is 29.0. The number of carbonyl (C=O) groups is 2. The molecule has 0 saturated carbocycles. The number of carbonyl (C=O) groups excluding carboxylic acids is 1. The highest BCUT2D eigenvalue weighted by Gasteiger charge is 2.23. The molecule has 0 fully saturated rings. The number of rotatable bonds is 4. The second-order valence-corrected chi connectivity index (χ2v) is 4.80. The lowest BCUT2D eigenvalue weighted by molar-refractivity contribution is -0.138. The number of benzene rings is 1. The number of fused-ring (bicyclic) bond motifs is 1. The van der Waals surface area contributed by atoms with Crippen LogP contribution >= 0.6 is 0 Å². The Kier molecular flexibility index (Phi) is 3.98. The Morgan fingerprint density at radius 3 is 2.60 bits per heavy atom. The van der Waals surface area contributed by atoms with Gasteiger partial charge in [0.05, 0.1) is 11.1 Å². The summed E-state index contributed by atoms with van der Waals surface area (Å²) in [7, 11) is 0. The molecule has 1 N–H and O–H groups in total. The average molecular weight is 272 g/mol. The molecule has 0 saturated heterocycles. The molecule has 2 aromatic rings. The largest absolute Gasteiger partial charge is 0.480 e. The van der Waals surface area contributed by atoms with E-state index in [1.165, 1.54) is 4.90 Å². The van der Waals surface area contributed by atoms with Crippen molar-refractivity contribution in [1.29, 1.82) is 0 Å². The Labute approximate surface area is 116 Å². The number of aromatic nitrogens is 1. The standard InChI is InChI=1S/C15H16N2O3/c1-10(2)17(9-13(18)19)15(20)12-7-3-5-11-6-4-8-16-14(11)12/h3-8,10H,9H2,1-2H3,(H,18,19). The molecular formula is C15H16N2O3. The lowest BCUT2D eigenvalue weighted by Gasteiger charge is -2.25. The first-order valence-corrected chi connectivity index (χ1v) is 6.37. The van der Waals surface area contributed by atoms with E-state index in [0.717, 1.165) is 5.39 Å². The lowest BCUT2D eigenvalue weighted by Crippen LogP contribution is -2.40. The summed E-state index contributed by atoms with van der Waals surface area (Å²) >= 11 is 0. The van der Waals surface area contributed by atoms with Crippen LogP contribution in [0.15, 0.2) is 36.5 Å². The number of carboxylic acids is 1. The quantitative estimate of drug-likeness (QED) is 0.926. The van der Waals surface area contributed by atoms with E-state index >= 15 is 0 Å². The van der Waals surface area contributed by atoms with Crippen LogP contribution in [0.25, 0.3) is 10.9 Å². The highest BCUT2D eigenvalue weighted by atomic mass is 16.4. The molecule has 0 spiro atoms. The molecule has 0 radical (unpaired) electrons. The fourth-order valence-electron chi connectivity index (χ4n) is 2.07. The van der Waals surface area contributed by atoms with Crippen LogP contribution in [-0.2, 0) is 4.79 Å². The van der Waals surface area contributed by atoms with Crippen molar-refractivity contribution in [3.63, 3.8) is 0 Å². The summed E-state index contributed by atoms with van der Waals surface area (Å²) in [6.45, 7) is 3.26. The highest BCUT2D eigenvalue weighted by molar-refractivity contribution is 6.06. The monoisotopic (exact) mass is 272 g/mol. The molecule has 1 heterocycles. The number of para-hydroxylation sites is 1. The van der Waals surface area contributed by atoms with Crippen LogP contribution < -0.4 is 0 Å². The van der Waals surface area contributed by atoms with Crippen molar-refractivity contribution in [2.24, 2.45) is 0 Å². The predicted octanol–water partition coefficient (Wildman–Crippen LogP) is 2.17. The molecule has 5 heteroatoms. The van der Waals surface area contributed by atoms with Gasteiger partial charge in [0.1, 0.15) is 6.54 Å². The van der Waals surface area contributed by atoms with Crippen LogP contribution in [0, 0.1) is 0 Å². The van der Waals surface area contributed by atoms with E-state index in [1.54, 1.807) is 38.2 Å². The number of aliphatic carboxylic acids is 1. The van der Waals surface area contributed by atoms with E-state index in [-0.39, 0.29) is 18.5 Å². The molecule has 0 aliphatic heterocycles. The number of hydrogen-bond acceptors (Lipinski definition) is 3. The number of amides is 1. The molecular weight excluding hydrogens is 256 g/mol. The molecule has 0 aliphatic rings. The van der Waals surface area contributed by atoms with Crippen LogP contribution in [0.1, 0.15) is 24.2 Å². The van der Waals surface area contributed by atoms with Crippen LogP contribution in [-0.4, -0.2) is 39.5 Å². The predicted molar refractivity (Wildman–Crippen MR) is 75.6 cm³/mol. The lowest BCUT2D eigenvalue weighted by atomic mass is 10.1. The van der Waals surface area contributed by atoms with Crippen molar-refractivity contribution in [1.82, 2.24) is 9.88 Å². The van der Waals surface area contributed by atoms with Gasteiger partial charge >= 0.3 is 5.97 Å². The first-order valence-electron chi connectivity index (χ1n) is 6.37. The first-order chi connectivity index (χ1) is 9.50. The molecule has 2 rings (SSSR count). The average Bonchev–Trinajstić information content (AvgIpc) is 2.43. The third-order valence-corrected chi connectivity index (χ3v) is 3.05. The summed E-state index contributed by atoms with van der Waals surface area (Å²) in [5.41, 5.74) is 1.02. The van der Waals surface area contributed by atoms with Gasteiger partial charge in [0.15, 0.2) is 0 Å². The third-order valence-electron chi connectivity index (χ3n) is 3.05. The van der Waals surface area contributed by atoms with Gasteiger partial charge in [0.25, 0.3) is 5.91 Å². The molecule has 0 aliphatic carbocycles. The van der Waals surface area contributed by atoms with Gasteiger partial charge in [0, 0.05) is 17.6 Å². The molecule has 20 heavy (non-hydrogen) atoms. The van der Waals surface area contributed by atoms with Crippen molar-refractivity contribution < 1.29 is 14.7 Å². The summed E-state index contributed by atoms with van der Waals surface area (Å²) in [5, 5.41) is 9.79. The minimum atomic E-state index is -1.03. The molecule has 0 bridgehead atoms. The topological polar surface area (TPSA) is 70.5 Å². The van der Waals surface area contributed by atoms with Crippen molar-refractivity contribution in [2.75, 3.05) is 6.54 Å². The van der Waals surface area contributed by atoms with Gasteiger partial charge in [-0.1, -0.05) is 18.2 Å². The van der Waals surface area contributed by atoms with Crippen LogP contribution in [0.2, 0.25) is 0 Å². The minimum Gasteiger partial charge on any atom is -0.480 e. The van der Waals surface area contributed by atoms with Crippen LogP contribution in [0.4, 0.5) is 0 Å². The van der Waals surface area contributed by atoms with E-state index in [4.69, 9.17) is 5.11 Å². The normalized spacial score (nSPS) is 10.8. The Bertz CT molecular complexity index is 647. The minimum absolute atomic E-state index is 0.197. The molecule has 0 unspecified atom stereocenters. The summed E-state index contributed by atoms with van der Waals surface area (Å²) in [5.74, 6) is -1.34. The van der Waals surface area contributed by atoms with Gasteiger partial charge in [-0.25, -0.2) is 0 Å². The molecule has 1 aromatic heterocycles. The second-order valence-electron chi connectivity index (χ2n) is 4.80. The number of pyridine rings is 1. The maximum Gasteiger partial charge on any atom is 0.323 e. The first kappa shape index (κ1) is 14.0. The summed E-state index contributed by atoms with van der Waals surface area (Å²) in [6, 6.07) is 8.79. The fraction of sp³-hybridized carbons (Fsp3) is 0.267. The maximum atomic E-state index is 12.6. The highest BCUT2D eigenvalue weighted by Crippen LogP contribution is 2.18. The van der Waals surface area contributed by atoms with E-state index in [1.807, 2.05) is 12.1 Å². The Morgan fingerprint density at radius 1 is 1.25 bits per heavy atom. The van der Waals surface area contributed by atoms with Crippen LogP contribution in [0.3, 0.4) is 0 Å². The van der Waals surface area contributed by atoms with Gasteiger partial charge in [-0.3, -0.25) is 14.6 Å². The number of hydrogen-bond donors (Lipinski definition) is 1. The maximum absolute atomic E-state index is 12.6. The molecule has 5 nitrogen and oxygen atoms in total. The Morgan fingerprint density at radius 2 is 1.95 bits per heavy atom. The van der Waals surface area contributed by atoms with Gasteiger partial charge in [-0.05, 0) is 26.0 Å².